The normalized spacial score (nSPS) is 20.6. The summed E-state index contributed by atoms with van der Waals surface area (Å²) in [4.78, 5) is 0. The van der Waals surface area contributed by atoms with Gasteiger partial charge in [0.25, 0.3) is 0 Å². The summed E-state index contributed by atoms with van der Waals surface area (Å²) in [7, 11) is 0. The van der Waals surface area contributed by atoms with Gasteiger partial charge in [0.2, 0.25) is 0 Å². The Morgan fingerprint density at radius 1 is 1.29 bits per heavy atom. The molecule has 1 nitrogen and oxygen atoms in total. The fraction of sp³-hybridized carbons (Fsp3) is 0.455. The number of benzene rings is 1. The van der Waals surface area contributed by atoms with Gasteiger partial charge in [0.1, 0.15) is 5.82 Å². The van der Waals surface area contributed by atoms with Crippen LogP contribution >= 0.6 is 11.8 Å². The van der Waals surface area contributed by atoms with E-state index in [0.29, 0.717) is 5.69 Å². The number of nitrogens with one attached hydrogen (secondary N) is 1. The lowest BCUT2D eigenvalue weighted by atomic mass is 10.1. The molecule has 1 aromatic rings. The molecule has 17 heavy (non-hydrogen) atoms. The molecule has 1 heterocycles. The minimum atomic E-state index is -4.65. The predicted octanol–water partition coefficient (Wildman–Crippen LogP) is 3.76. The minimum Gasteiger partial charge on any atom is -0.381 e. The second-order valence-electron chi connectivity index (χ2n) is 3.90. The lowest BCUT2D eigenvalue weighted by Crippen LogP contribution is -2.19. The Hall–Kier alpha value is -0.910. The highest BCUT2D eigenvalue weighted by molar-refractivity contribution is 7.99. The highest BCUT2D eigenvalue weighted by Gasteiger charge is 2.34. The summed E-state index contributed by atoms with van der Waals surface area (Å²) < 4.78 is 50.4. The molecule has 1 aliphatic heterocycles. The van der Waals surface area contributed by atoms with Gasteiger partial charge in [-0.3, -0.25) is 0 Å². The van der Waals surface area contributed by atoms with E-state index < -0.39 is 17.6 Å². The number of thioether (sulfide) groups is 1. The maximum absolute atomic E-state index is 13.0. The summed E-state index contributed by atoms with van der Waals surface area (Å²) in [6.45, 7) is 0. The number of rotatable bonds is 2. The van der Waals surface area contributed by atoms with Gasteiger partial charge in [-0.15, -0.1) is 0 Å². The zero-order valence-electron chi connectivity index (χ0n) is 8.85. The van der Waals surface area contributed by atoms with Crippen LogP contribution in [-0.2, 0) is 6.18 Å². The van der Waals surface area contributed by atoms with Crippen molar-refractivity contribution in [1.82, 2.24) is 0 Å². The van der Waals surface area contributed by atoms with Gasteiger partial charge in [0.05, 0.1) is 5.56 Å². The number of alkyl halides is 3. The fourth-order valence-corrected chi connectivity index (χ4v) is 2.87. The minimum absolute atomic E-state index is 0.173. The van der Waals surface area contributed by atoms with E-state index >= 15 is 0 Å². The van der Waals surface area contributed by atoms with E-state index in [9.17, 15) is 17.6 Å². The van der Waals surface area contributed by atoms with Crippen molar-refractivity contribution < 1.29 is 17.6 Å². The molecule has 1 unspecified atom stereocenters. The van der Waals surface area contributed by atoms with Crippen LogP contribution in [-0.4, -0.2) is 17.5 Å². The standard InChI is InChI=1S/C11H11F4NS/c12-10-2-1-7(5-9(10)11(13,14)15)16-8-3-4-17-6-8/h1-2,5,8,16H,3-4,6H2. The highest BCUT2D eigenvalue weighted by atomic mass is 32.2. The van der Waals surface area contributed by atoms with Crippen molar-refractivity contribution in [3.8, 4) is 0 Å². The van der Waals surface area contributed by atoms with Gasteiger partial charge in [0.15, 0.2) is 0 Å². The summed E-state index contributed by atoms with van der Waals surface area (Å²) in [5, 5.41) is 2.99. The van der Waals surface area contributed by atoms with Crippen LogP contribution in [0.4, 0.5) is 23.2 Å². The third-order valence-electron chi connectivity index (χ3n) is 2.57. The summed E-state index contributed by atoms with van der Waals surface area (Å²) in [6, 6.07) is 3.20. The van der Waals surface area contributed by atoms with E-state index in [4.69, 9.17) is 0 Å². The van der Waals surface area contributed by atoms with Gasteiger partial charge < -0.3 is 5.32 Å². The molecule has 1 aliphatic rings. The molecule has 0 aromatic heterocycles. The van der Waals surface area contributed by atoms with E-state index in [1.165, 1.54) is 6.07 Å². The summed E-state index contributed by atoms with van der Waals surface area (Å²) >= 11 is 1.76. The average Bonchev–Trinajstić information content (AvgIpc) is 2.72. The third-order valence-corrected chi connectivity index (χ3v) is 3.73. The summed E-state index contributed by atoms with van der Waals surface area (Å²) in [5.41, 5.74) is -0.889. The highest BCUT2D eigenvalue weighted by Crippen LogP contribution is 2.33. The second kappa shape index (κ2) is 4.76. The topological polar surface area (TPSA) is 12.0 Å². The van der Waals surface area contributed by atoms with Crippen molar-refractivity contribution in [2.45, 2.75) is 18.6 Å². The van der Waals surface area contributed by atoms with E-state index in [1.54, 1.807) is 11.8 Å². The quantitative estimate of drug-likeness (QED) is 0.817. The molecule has 1 fully saturated rings. The zero-order valence-corrected chi connectivity index (χ0v) is 9.67. The summed E-state index contributed by atoms with van der Waals surface area (Å²) in [5.74, 6) is 0.646. The Balaban J connectivity index is 2.18. The zero-order chi connectivity index (χ0) is 12.5. The van der Waals surface area contributed by atoms with Crippen molar-refractivity contribution in [2.75, 3.05) is 16.8 Å². The van der Waals surface area contributed by atoms with Crippen molar-refractivity contribution >= 4 is 17.4 Å². The monoisotopic (exact) mass is 265 g/mol. The first-order valence-corrected chi connectivity index (χ1v) is 6.33. The predicted molar refractivity (Wildman–Crippen MR) is 60.8 cm³/mol. The fourth-order valence-electron chi connectivity index (χ4n) is 1.72. The number of hydrogen-bond acceptors (Lipinski definition) is 2. The van der Waals surface area contributed by atoms with Gasteiger partial charge in [-0.05, 0) is 30.4 Å². The van der Waals surface area contributed by atoms with E-state index in [2.05, 4.69) is 5.32 Å². The molecule has 0 radical (unpaired) electrons. The van der Waals surface area contributed by atoms with E-state index in [0.717, 1.165) is 30.1 Å². The first-order valence-electron chi connectivity index (χ1n) is 5.18. The van der Waals surface area contributed by atoms with E-state index in [1.807, 2.05) is 0 Å². The van der Waals surface area contributed by atoms with Gasteiger partial charge >= 0.3 is 6.18 Å². The molecule has 0 bridgehead atoms. The summed E-state index contributed by atoms with van der Waals surface area (Å²) in [6.07, 6.45) is -3.73. The third kappa shape index (κ3) is 3.06. The molecule has 1 aromatic carbocycles. The second-order valence-corrected chi connectivity index (χ2v) is 5.05. The van der Waals surface area contributed by atoms with Crippen LogP contribution < -0.4 is 5.32 Å². The SMILES string of the molecule is Fc1ccc(NC2CCSC2)cc1C(F)(F)F. The number of halogens is 4. The Bertz CT molecular complexity index is 399. The van der Waals surface area contributed by atoms with Gasteiger partial charge in [-0.2, -0.15) is 24.9 Å². The average molecular weight is 265 g/mol. The lowest BCUT2D eigenvalue weighted by molar-refractivity contribution is -0.139. The Morgan fingerprint density at radius 3 is 2.65 bits per heavy atom. The van der Waals surface area contributed by atoms with Crippen molar-refractivity contribution in [3.05, 3.63) is 29.6 Å². The molecule has 2 rings (SSSR count). The van der Waals surface area contributed by atoms with Gasteiger partial charge in [0, 0.05) is 17.5 Å². The molecule has 0 aliphatic carbocycles. The van der Waals surface area contributed by atoms with Gasteiger partial charge in [-0.25, -0.2) is 4.39 Å². The van der Waals surface area contributed by atoms with E-state index in [-0.39, 0.29) is 6.04 Å². The molecular weight excluding hydrogens is 254 g/mol. The Kier molecular flexibility index (Phi) is 3.51. The number of anilines is 1. The molecule has 1 N–H and O–H groups in total. The van der Waals surface area contributed by atoms with Crippen molar-refractivity contribution in [3.63, 3.8) is 0 Å². The van der Waals surface area contributed by atoms with Crippen molar-refractivity contribution in [2.24, 2.45) is 0 Å². The lowest BCUT2D eigenvalue weighted by Gasteiger charge is -2.15. The van der Waals surface area contributed by atoms with Crippen LogP contribution in [0.25, 0.3) is 0 Å². The van der Waals surface area contributed by atoms with Crippen molar-refractivity contribution in [1.29, 1.82) is 0 Å². The van der Waals surface area contributed by atoms with Crippen LogP contribution in [0.3, 0.4) is 0 Å². The molecule has 0 amide bonds. The molecule has 1 saturated heterocycles. The van der Waals surface area contributed by atoms with Crippen LogP contribution in [0, 0.1) is 5.82 Å². The molecular formula is C11H11F4NS. The van der Waals surface area contributed by atoms with Crippen LogP contribution in [0.2, 0.25) is 0 Å². The largest absolute Gasteiger partial charge is 0.419 e. The first kappa shape index (κ1) is 12.5. The van der Waals surface area contributed by atoms with Crippen LogP contribution in [0.5, 0.6) is 0 Å². The number of hydrogen-bond donors (Lipinski definition) is 1. The Labute approximate surface area is 101 Å². The molecule has 1 atom stereocenters. The smallest absolute Gasteiger partial charge is 0.381 e. The molecule has 6 heteroatoms. The maximum Gasteiger partial charge on any atom is 0.419 e. The maximum atomic E-state index is 13.0. The first-order chi connectivity index (χ1) is 7.97. The molecule has 0 saturated carbocycles. The molecule has 0 spiro atoms. The molecule has 94 valence electrons. The van der Waals surface area contributed by atoms with Crippen LogP contribution in [0.15, 0.2) is 18.2 Å². The Morgan fingerprint density at radius 2 is 2.06 bits per heavy atom. The van der Waals surface area contributed by atoms with Crippen LogP contribution in [0.1, 0.15) is 12.0 Å². The van der Waals surface area contributed by atoms with Gasteiger partial charge in [-0.1, -0.05) is 0 Å².